The van der Waals surface area contributed by atoms with Crippen molar-refractivity contribution in [3.8, 4) is 0 Å². The Labute approximate surface area is 86.8 Å². The zero-order valence-electron chi connectivity index (χ0n) is 9.55. The van der Waals surface area contributed by atoms with E-state index >= 15 is 0 Å². The normalized spacial score (nSPS) is 12.9. The number of hydrogen-bond acceptors (Lipinski definition) is 3. The van der Waals surface area contributed by atoms with E-state index in [2.05, 4.69) is 24.2 Å². The highest BCUT2D eigenvalue weighted by Gasteiger charge is 2.20. The van der Waals surface area contributed by atoms with Gasteiger partial charge in [0.2, 0.25) is 0 Å². The molecule has 14 heavy (non-hydrogen) atoms. The van der Waals surface area contributed by atoms with Crippen molar-refractivity contribution in [1.82, 2.24) is 10.3 Å². The van der Waals surface area contributed by atoms with Crippen LogP contribution in [0.3, 0.4) is 0 Å². The third-order valence-corrected chi connectivity index (χ3v) is 2.40. The number of likely N-dealkylation sites (N-methyl/N-ethyl adjacent to an activating group) is 1. The SMILES string of the molecule is CCCCN(C)C(CCC)C(=O)NN. The van der Waals surface area contributed by atoms with Gasteiger partial charge in [-0.3, -0.25) is 15.1 Å². The molecule has 1 amide bonds. The molecule has 0 bridgehead atoms. The maximum absolute atomic E-state index is 11.4. The molecule has 1 atom stereocenters. The molecule has 1 unspecified atom stereocenters. The molecule has 84 valence electrons. The number of rotatable bonds is 7. The van der Waals surface area contributed by atoms with Crippen LogP contribution >= 0.6 is 0 Å². The second-order valence-corrected chi connectivity index (χ2v) is 3.65. The van der Waals surface area contributed by atoms with Crippen molar-refractivity contribution >= 4 is 5.91 Å². The average molecular weight is 201 g/mol. The predicted octanol–water partition coefficient (Wildman–Crippen LogP) is 0.877. The van der Waals surface area contributed by atoms with E-state index in [-0.39, 0.29) is 11.9 Å². The van der Waals surface area contributed by atoms with Gasteiger partial charge in [-0.15, -0.1) is 0 Å². The van der Waals surface area contributed by atoms with E-state index in [1.165, 1.54) is 0 Å². The summed E-state index contributed by atoms with van der Waals surface area (Å²) in [7, 11) is 1.98. The van der Waals surface area contributed by atoms with E-state index < -0.39 is 0 Å². The number of carbonyl (C=O) groups is 1. The summed E-state index contributed by atoms with van der Waals surface area (Å²) in [5.41, 5.74) is 2.23. The van der Waals surface area contributed by atoms with Gasteiger partial charge in [-0.2, -0.15) is 0 Å². The fourth-order valence-corrected chi connectivity index (χ4v) is 1.48. The van der Waals surface area contributed by atoms with Gasteiger partial charge in [-0.05, 0) is 26.4 Å². The summed E-state index contributed by atoms with van der Waals surface area (Å²) in [4.78, 5) is 13.5. The molecule has 0 spiro atoms. The lowest BCUT2D eigenvalue weighted by Crippen LogP contribution is -2.47. The van der Waals surface area contributed by atoms with E-state index in [0.29, 0.717) is 0 Å². The second kappa shape index (κ2) is 7.76. The van der Waals surface area contributed by atoms with Crippen molar-refractivity contribution < 1.29 is 4.79 Å². The Morgan fingerprint density at radius 1 is 1.43 bits per heavy atom. The van der Waals surface area contributed by atoms with Crippen LogP contribution in [0.4, 0.5) is 0 Å². The van der Waals surface area contributed by atoms with E-state index in [0.717, 1.165) is 32.2 Å². The molecule has 0 rings (SSSR count). The Balaban J connectivity index is 4.10. The summed E-state index contributed by atoms with van der Waals surface area (Å²) in [5.74, 6) is 5.07. The van der Waals surface area contributed by atoms with Crippen LogP contribution in [0.25, 0.3) is 0 Å². The molecule has 0 radical (unpaired) electrons. The van der Waals surface area contributed by atoms with Crippen molar-refractivity contribution in [3.05, 3.63) is 0 Å². The average Bonchev–Trinajstić information content (AvgIpc) is 2.21. The topological polar surface area (TPSA) is 58.4 Å². The van der Waals surface area contributed by atoms with Gasteiger partial charge in [-0.25, -0.2) is 5.84 Å². The van der Waals surface area contributed by atoms with Gasteiger partial charge in [0.25, 0.3) is 5.91 Å². The van der Waals surface area contributed by atoms with Crippen molar-refractivity contribution in [2.24, 2.45) is 5.84 Å². The quantitative estimate of drug-likeness (QED) is 0.365. The molecule has 0 heterocycles. The van der Waals surface area contributed by atoms with Crippen LogP contribution in [0.5, 0.6) is 0 Å². The third kappa shape index (κ3) is 4.58. The van der Waals surface area contributed by atoms with Crippen molar-refractivity contribution in [2.45, 2.75) is 45.6 Å². The summed E-state index contributed by atoms with van der Waals surface area (Å²) < 4.78 is 0. The zero-order chi connectivity index (χ0) is 11.0. The Bertz CT molecular complexity index is 161. The molecule has 0 aliphatic rings. The van der Waals surface area contributed by atoms with Crippen molar-refractivity contribution in [3.63, 3.8) is 0 Å². The van der Waals surface area contributed by atoms with Crippen LogP contribution in [0, 0.1) is 0 Å². The summed E-state index contributed by atoms with van der Waals surface area (Å²) in [6.07, 6.45) is 4.12. The zero-order valence-corrected chi connectivity index (χ0v) is 9.55. The van der Waals surface area contributed by atoms with E-state index in [1.54, 1.807) is 0 Å². The van der Waals surface area contributed by atoms with Crippen LogP contribution in [0.1, 0.15) is 39.5 Å². The minimum Gasteiger partial charge on any atom is -0.295 e. The summed E-state index contributed by atoms with van der Waals surface area (Å²) in [5, 5.41) is 0. The first-order valence-corrected chi connectivity index (χ1v) is 5.38. The first-order chi connectivity index (χ1) is 6.67. The number of hydrazine groups is 1. The standard InChI is InChI=1S/C10H23N3O/c1-4-6-8-13(3)9(7-5-2)10(14)12-11/h9H,4-8,11H2,1-3H3,(H,12,14). The van der Waals surface area contributed by atoms with Crippen LogP contribution in [-0.2, 0) is 4.79 Å². The molecule has 0 aliphatic carbocycles. The Kier molecular flexibility index (Phi) is 7.42. The molecule has 0 aromatic heterocycles. The lowest BCUT2D eigenvalue weighted by atomic mass is 10.1. The smallest absolute Gasteiger partial charge is 0.251 e. The predicted molar refractivity (Wildman–Crippen MR) is 58.6 cm³/mol. The number of hydrogen-bond donors (Lipinski definition) is 2. The van der Waals surface area contributed by atoms with Crippen molar-refractivity contribution in [1.29, 1.82) is 0 Å². The van der Waals surface area contributed by atoms with Gasteiger partial charge in [0, 0.05) is 0 Å². The monoisotopic (exact) mass is 201 g/mol. The molecule has 4 nitrogen and oxygen atoms in total. The molecule has 4 heteroatoms. The largest absolute Gasteiger partial charge is 0.295 e. The second-order valence-electron chi connectivity index (χ2n) is 3.65. The van der Waals surface area contributed by atoms with E-state index in [1.807, 2.05) is 7.05 Å². The number of nitrogens with zero attached hydrogens (tertiary/aromatic N) is 1. The summed E-state index contributed by atoms with van der Waals surface area (Å²) >= 11 is 0. The highest BCUT2D eigenvalue weighted by molar-refractivity contribution is 5.81. The van der Waals surface area contributed by atoms with Gasteiger partial charge < -0.3 is 0 Å². The molecule has 0 aliphatic heterocycles. The molecule has 0 aromatic carbocycles. The summed E-state index contributed by atoms with van der Waals surface area (Å²) in [6.45, 7) is 5.17. The fraction of sp³-hybridized carbons (Fsp3) is 0.900. The fourth-order valence-electron chi connectivity index (χ4n) is 1.48. The first kappa shape index (κ1) is 13.4. The highest BCUT2D eigenvalue weighted by atomic mass is 16.2. The highest BCUT2D eigenvalue weighted by Crippen LogP contribution is 2.06. The van der Waals surface area contributed by atoms with Crippen LogP contribution in [0.15, 0.2) is 0 Å². The van der Waals surface area contributed by atoms with Gasteiger partial charge in [0.1, 0.15) is 0 Å². The molecule has 0 aromatic rings. The molecular weight excluding hydrogens is 178 g/mol. The molecular formula is C10H23N3O. The maximum atomic E-state index is 11.4. The number of carbonyl (C=O) groups excluding carboxylic acids is 1. The van der Waals surface area contributed by atoms with Crippen LogP contribution in [-0.4, -0.2) is 30.4 Å². The Hall–Kier alpha value is -0.610. The molecule has 0 saturated heterocycles. The lowest BCUT2D eigenvalue weighted by Gasteiger charge is -2.25. The maximum Gasteiger partial charge on any atom is 0.251 e. The Morgan fingerprint density at radius 3 is 2.50 bits per heavy atom. The van der Waals surface area contributed by atoms with Gasteiger partial charge in [0.15, 0.2) is 0 Å². The first-order valence-electron chi connectivity index (χ1n) is 5.38. The molecule has 0 saturated carbocycles. The number of amides is 1. The van der Waals surface area contributed by atoms with Crippen molar-refractivity contribution in [2.75, 3.05) is 13.6 Å². The third-order valence-electron chi connectivity index (χ3n) is 2.40. The van der Waals surface area contributed by atoms with E-state index in [9.17, 15) is 4.79 Å². The Morgan fingerprint density at radius 2 is 2.07 bits per heavy atom. The number of unbranched alkanes of at least 4 members (excludes halogenated alkanes) is 1. The molecule has 3 N–H and O–H groups in total. The van der Waals surface area contributed by atoms with Crippen LogP contribution < -0.4 is 11.3 Å². The van der Waals surface area contributed by atoms with Gasteiger partial charge >= 0.3 is 0 Å². The summed E-state index contributed by atoms with van der Waals surface area (Å²) in [6, 6.07) is -0.0726. The lowest BCUT2D eigenvalue weighted by molar-refractivity contribution is -0.126. The molecule has 0 fully saturated rings. The minimum atomic E-state index is -0.0783. The number of nitrogens with two attached hydrogens (primary N) is 1. The van der Waals surface area contributed by atoms with E-state index in [4.69, 9.17) is 5.84 Å². The van der Waals surface area contributed by atoms with Gasteiger partial charge in [0.05, 0.1) is 6.04 Å². The van der Waals surface area contributed by atoms with Gasteiger partial charge in [-0.1, -0.05) is 26.7 Å². The van der Waals surface area contributed by atoms with Crippen LogP contribution in [0.2, 0.25) is 0 Å². The minimum absolute atomic E-state index is 0.0726. The number of nitrogens with one attached hydrogen (secondary N) is 1.